The third-order valence-electron chi connectivity index (χ3n) is 3.07. The number of sulfonamides is 1. The Bertz CT molecular complexity index is 870. The summed E-state index contributed by atoms with van der Waals surface area (Å²) in [6.07, 6.45) is 3.28. The highest BCUT2D eigenvalue weighted by atomic mass is 79.9. The Morgan fingerprint density at radius 2 is 2.00 bits per heavy atom. The van der Waals surface area contributed by atoms with E-state index in [9.17, 15) is 8.42 Å². The lowest BCUT2D eigenvalue weighted by atomic mass is 10.2. The number of nitrogens with one attached hydrogen (secondary N) is 1. The normalized spacial score (nSPS) is 11.7. The van der Waals surface area contributed by atoms with Gasteiger partial charge >= 0.3 is 0 Å². The Kier molecular flexibility index (Phi) is 4.49. The van der Waals surface area contributed by atoms with E-state index < -0.39 is 10.0 Å². The van der Waals surface area contributed by atoms with Crippen LogP contribution < -0.4 is 4.72 Å². The summed E-state index contributed by atoms with van der Waals surface area (Å²) >= 11 is 4.77. The molecule has 3 aromatic rings. The molecule has 0 saturated carbocycles. The number of furan rings is 1. The molecular formula is C15H12BrNO3S2. The maximum atomic E-state index is 12.3. The van der Waals surface area contributed by atoms with Crippen LogP contribution in [-0.4, -0.2) is 8.42 Å². The predicted octanol–water partition coefficient (Wildman–Crippen LogP) is 4.25. The minimum absolute atomic E-state index is 0.238. The maximum Gasteiger partial charge on any atom is 0.242 e. The Balaban J connectivity index is 1.74. The number of rotatable bonds is 5. The lowest BCUT2D eigenvalue weighted by Crippen LogP contribution is -2.23. The van der Waals surface area contributed by atoms with Crippen LogP contribution in [0.15, 0.2) is 68.1 Å². The van der Waals surface area contributed by atoms with Gasteiger partial charge in [-0.15, -0.1) is 11.3 Å². The third-order valence-corrected chi connectivity index (χ3v) is 6.42. The fourth-order valence-corrected chi connectivity index (χ4v) is 4.89. The summed E-state index contributed by atoms with van der Waals surface area (Å²) in [5, 5.41) is 1.98. The minimum Gasteiger partial charge on any atom is -0.472 e. The van der Waals surface area contributed by atoms with E-state index in [4.69, 9.17) is 4.42 Å². The monoisotopic (exact) mass is 397 g/mol. The summed E-state index contributed by atoms with van der Waals surface area (Å²) < 4.78 is 32.8. The number of benzene rings is 1. The van der Waals surface area contributed by atoms with E-state index in [1.54, 1.807) is 36.8 Å². The molecule has 2 heterocycles. The van der Waals surface area contributed by atoms with E-state index in [0.717, 1.165) is 16.0 Å². The number of thiophene rings is 1. The van der Waals surface area contributed by atoms with Crippen molar-refractivity contribution in [3.63, 3.8) is 0 Å². The van der Waals surface area contributed by atoms with Crippen molar-refractivity contribution in [3.8, 4) is 11.1 Å². The average Bonchev–Trinajstić information content (AvgIpc) is 3.17. The highest BCUT2D eigenvalue weighted by Gasteiger charge is 2.17. The van der Waals surface area contributed by atoms with Gasteiger partial charge in [-0.1, -0.05) is 12.1 Å². The number of hydrogen-bond donors (Lipinski definition) is 1. The molecule has 0 amide bonds. The summed E-state index contributed by atoms with van der Waals surface area (Å²) in [5.74, 6) is 0. The molecule has 2 aromatic heterocycles. The average molecular weight is 398 g/mol. The molecule has 0 aliphatic heterocycles. The minimum atomic E-state index is -3.54. The SMILES string of the molecule is O=S(=O)(NCc1cc(-c2ccoc2)cs1)c1ccccc1Br. The maximum absolute atomic E-state index is 12.3. The molecule has 0 radical (unpaired) electrons. The molecule has 1 N–H and O–H groups in total. The highest BCUT2D eigenvalue weighted by molar-refractivity contribution is 9.10. The van der Waals surface area contributed by atoms with Gasteiger partial charge in [-0.05, 0) is 51.1 Å². The fraction of sp³-hybridized carbons (Fsp3) is 0.0667. The van der Waals surface area contributed by atoms with Crippen LogP contribution in [0.1, 0.15) is 4.88 Å². The molecule has 0 fully saturated rings. The second-order valence-electron chi connectivity index (χ2n) is 4.57. The largest absolute Gasteiger partial charge is 0.472 e. The summed E-state index contributed by atoms with van der Waals surface area (Å²) in [4.78, 5) is 1.17. The molecule has 0 spiro atoms. The van der Waals surface area contributed by atoms with Gasteiger partial charge in [0, 0.05) is 21.5 Å². The Labute approximate surface area is 141 Å². The summed E-state index contributed by atoms with van der Waals surface area (Å²) in [5.41, 5.74) is 2.00. The fourth-order valence-electron chi connectivity index (χ4n) is 1.96. The molecule has 1 aromatic carbocycles. The third kappa shape index (κ3) is 3.33. The first-order chi connectivity index (χ1) is 10.6. The van der Waals surface area contributed by atoms with Gasteiger partial charge in [0.1, 0.15) is 0 Å². The number of halogens is 1. The van der Waals surface area contributed by atoms with Crippen molar-refractivity contribution in [1.82, 2.24) is 4.72 Å². The van der Waals surface area contributed by atoms with Crippen molar-refractivity contribution >= 4 is 37.3 Å². The van der Waals surface area contributed by atoms with E-state index in [2.05, 4.69) is 20.7 Å². The molecule has 114 valence electrons. The molecule has 0 unspecified atom stereocenters. The molecular weight excluding hydrogens is 386 g/mol. The van der Waals surface area contributed by atoms with Gasteiger partial charge in [-0.25, -0.2) is 13.1 Å². The van der Waals surface area contributed by atoms with Gasteiger partial charge in [0.15, 0.2) is 0 Å². The molecule has 3 rings (SSSR count). The van der Waals surface area contributed by atoms with Gasteiger partial charge in [0.05, 0.1) is 17.4 Å². The molecule has 0 saturated heterocycles. The van der Waals surface area contributed by atoms with E-state index >= 15 is 0 Å². The van der Waals surface area contributed by atoms with Crippen molar-refractivity contribution in [2.75, 3.05) is 0 Å². The van der Waals surface area contributed by atoms with Crippen LogP contribution in [0, 0.1) is 0 Å². The molecule has 0 atom stereocenters. The zero-order valence-electron chi connectivity index (χ0n) is 11.3. The molecule has 22 heavy (non-hydrogen) atoms. The Hall–Kier alpha value is -1.41. The summed E-state index contributed by atoms with van der Waals surface area (Å²) in [7, 11) is -3.54. The van der Waals surface area contributed by atoms with Gasteiger partial charge < -0.3 is 4.42 Å². The van der Waals surface area contributed by atoms with Crippen molar-refractivity contribution in [2.24, 2.45) is 0 Å². The van der Waals surface area contributed by atoms with E-state index in [-0.39, 0.29) is 11.4 Å². The summed E-state index contributed by atoms with van der Waals surface area (Å²) in [6.45, 7) is 0.256. The van der Waals surface area contributed by atoms with Crippen molar-refractivity contribution in [3.05, 3.63) is 63.7 Å². The van der Waals surface area contributed by atoms with Gasteiger partial charge in [-0.3, -0.25) is 0 Å². The zero-order chi connectivity index (χ0) is 15.6. The van der Waals surface area contributed by atoms with E-state index in [0.29, 0.717) is 4.47 Å². The lowest BCUT2D eigenvalue weighted by molar-refractivity contribution is 0.568. The van der Waals surface area contributed by atoms with Crippen molar-refractivity contribution in [1.29, 1.82) is 0 Å². The van der Waals surface area contributed by atoms with Crippen molar-refractivity contribution in [2.45, 2.75) is 11.4 Å². The van der Waals surface area contributed by atoms with Crippen LogP contribution in [0.3, 0.4) is 0 Å². The van der Waals surface area contributed by atoms with E-state index in [1.165, 1.54) is 11.3 Å². The van der Waals surface area contributed by atoms with Crippen LogP contribution in [0.4, 0.5) is 0 Å². The second-order valence-corrected chi connectivity index (χ2v) is 8.15. The molecule has 0 aliphatic carbocycles. The van der Waals surface area contributed by atoms with Crippen LogP contribution in [0.25, 0.3) is 11.1 Å². The Morgan fingerprint density at radius 1 is 1.18 bits per heavy atom. The van der Waals surface area contributed by atoms with Crippen LogP contribution in [0.5, 0.6) is 0 Å². The van der Waals surface area contributed by atoms with E-state index in [1.807, 2.05) is 17.5 Å². The lowest BCUT2D eigenvalue weighted by Gasteiger charge is -2.07. The highest BCUT2D eigenvalue weighted by Crippen LogP contribution is 2.26. The first-order valence-corrected chi connectivity index (χ1v) is 9.56. The van der Waals surface area contributed by atoms with Crippen molar-refractivity contribution < 1.29 is 12.8 Å². The zero-order valence-corrected chi connectivity index (χ0v) is 14.5. The van der Waals surface area contributed by atoms with Gasteiger partial charge in [-0.2, -0.15) is 0 Å². The smallest absolute Gasteiger partial charge is 0.242 e. The predicted molar refractivity (Wildman–Crippen MR) is 90.2 cm³/mol. The topological polar surface area (TPSA) is 59.3 Å². The van der Waals surface area contributed by atoms with Crippen LogP contribution >= 0.6 is 27.3 Å². The number of hydrogen-bond acceptors (Lipinski definition) is 4. The molecule has 7 heteroatoms. The van der Waals surface area contributed by atoms with Gasteiger partial charge in [0.25, 0.3) is 0 Å². The van der Waals surface area contributed by atoms with Crippen LogP contribution in [0.2, 0.25) is 0 Å². The molecule has 0 aliphatic rings. The van der Waals surface area contributed by atoms with Crippen LogP contribution in [-0.2, 0) is 16.6 Å². The molecule has 0 bridgehead atoms. The van der Waals surface area contributed by atoms with Gasteiger partial charge in [0.2, 0.25) is 10.0 Å². The quantitative estimate of drug-likeness (QED) is 0.699. The Morgan fingerprint density at radius 3 is 2.73 bits per heavy atom. The molecule has 4 nitrogen and oxygen atoms in total. The standard InChI is InChI=1S/C15H12BrNO3S2/c16-14-3-1-2-4-15(14)22(18,19)17-8-13-7-12(10-21-13)11-5-6-20-9-11/h1-7,9-10,17H,8H2. The first-order valence-electron chi connectivity index (χ1n) is 6.40. The second kappa shape index (κ2) is 6.37. The first kappa shape index (κ1) is 15.5. The summed E-state index contributed by atoms with van der Waals surface area (Å²) in [6, 6.07) is 10.6.